The van der Waals surface area contributed by atoms with Gasteiger partial charge in [-0.25, -0.2) is 4.79 Å². The molecule has 1 fully saturated rings. The van der Waals surface area contributed by atoms with E-state index in [1.165, 1.54) is 12.1 Å². The number of esters is 1. The van der Waals surface area contributed by atoms with Crippen molar-refractivity contribution < 1.29 is 24.0 Å². The molecule has 0 unspecified atom stereocenters. The molecule has 9 nitrogen and oxygen atoms in total. The molecule has 170 valence electrons. The number of piperazine rings is 1. The van der Waals surface area contributed by atoms with Gasteiger partial charge in [0.05, 0.1) is 23.7 Å². The van der Waals surface area contributed by atoms with Crippen LogP contribution in [0.5, 0.6) is 5.75 Å². The van der Waals surface area contributed by atoms with Gasteiger partial charge in [0.1, 0.15) is 11.4 Å². The zero-order chi connectivity index (χ0) is 23.1. The molecule has 2 aromatic carbocycles. The van der Waals surface area contributed by atoms with Crippen LogP contribution >= 0.6 is 0 Å². The maximum atomic E-state index is 12.8. The van der Waals surface area contributed by atoms with Crippen LogP contribution < -0.4 is 9.64 Å². The van der Waals surface area contributed by atoms with Crippen LogP contribution in [-0.4, -0.2) is 61.1 Å². The summed E-state index contributed by atoms with van der Waals surface area (Å²) in [6, 6.07) is 11.4. The molecule has 1 aliphatic rings. The zero-order valence-electron chi connectivity index (χ0n) is 18.3. The Morgan fingerprint density at radius 2 is 1.66 bits per heavy atom. The van der Waals surface area contributed by atoms with Gasteiger partial charge in [-0.15, -0.1) is 0 Å². The van der Waals surface area contributed by atoms with Gasteiger partial charge in [0.15, 0.2) is 0 Å². The highest BCUT2D eigenvalue weighted by molar-refractivity contribution is 5.94. The van der Waals surface area contributed by atoms with E-state index in [-0.39, 0.29) is 23.8 Å². The van der Waals surface area contributed by atoms with E-state index in [1.807, 2.05) is 11.8 Å². The van der Waals surface area contributed by atoms with Crippen molar-refractivity contribution in [2.24, 2.45) is 0 Å². The average molecular weight is 441 g/mol. The Bertz CT molecular complexity index is 968. The fourth-order valence-corrected chi connectivity index (χ4v) is 3.53. The first kappa shape index (κ1) is 23.1. The standard InChI is InChI=1S/C23H27N3O6/c1-3-15-32-19-8-5-17(6-9-19)22(27)25-13-11-24(12-14-25)20-10-7-18(23(28)31-4-2)16-21(20)26(29)30/h5-10,16H,3-4,11-15H2,1-2H3. The summed E-state index contributed by atoms with van der Waals surface area (Å²) in [6.07, 6.45) is 0.911. The molecule has 1 amide bonds. The van der Waals surface area contributed by atoms with Crippen LogP contribution in [-0.2, 0) is 4.74 Å². The summed E-state index contributed by atoms with van der Waals surface area (Å²) in [5, 5.41) is 11.6. The molecule has 0 aliphatic carbocycles. The first-order valence-corrected chi connectivity index (χ1v) is 10.7. The Hall–Kier alpha value is -3.62. The Morgan fingerprint density at radius 3 is 2.25 bits per heavy atom. The second-order valence-corrected chi connectivity index (χ2v) is 7.33. The third-order valence-electron chi connectivity index (χ3n) is 5.16. The van der Waals surface area contributed by atoms with E-state index >= 15 is 0 Å². The lowest BCUT2D eigenvalue weighted by Crippen LogP contribution is -2.49. The molecule has 0 radical (unpaired) electrons. The van der Waals surface area contributed by atoms with Crippen molar-refractivity contribution in [3.05, 3.63) is 63.7 Å². The van der Waals surface area contributed by atoms with E-state index in [0.717, 1.165) is 12.2 Å². The number of nitro benzene ring substituents is 1. The predicted molar refractivity (Wildman–Crippen MR) is 119 cm³/mol. The highest BCUT2D eigenvalue weighted by Gasteiger charge is 2.27. The summed E-state index contributed by atoms with van der Waals surface area (Å²) in [5.74, 6) is 0.0503. The number of nitrogens with zero attached hydrogens (tertiary/aromatic N) is 3. The van der Waals surface area contributed by atoms with E-state index in [2.05, 4.69) is 0 Å². The van der Waals surface area contributed by atoms with Crippen molar-refractivity contribution in [1.82, 2.24) is 4.90 Å². The lowest BCUT2D eigenvalue weighted by Gasteiger charge is -2.36. The van der Waals surface area contributed by atoms with Gasteiger partial charge in [0.2, 0.25) is 0 Å². The van der Waals surface area contributed by atoms with Crippen molar-refractivity contribution >= 4 is 23.3 Å². The number of carbonyl (C=O) groups excluding carboxylic acids is 2. The van der Waals surface area contributed by atoms with Crippen LogP contribution in [0.3, 0.4) is 0 Å². The predicted octanol–water partition coefficient (Wildman–Crippen LogP) is 3.52. The fraction of sp³-hybridized carbons (Fsp3) is 0.391. The molecule has 3 rings (SSSR count). The monoisotopic (exact) mass is 441 g/mol. The van der Waals surface area contributed by atoms with Gasteiger partial charge in [0.25, 0.3) is 11.6 Å². The van der Waals surface area contributed by atoms with Gasteiger partial charge in [0, 0.05) is 37.8 Å². The summed E-state index contributed by atoms with van der Waals surface area (Å²) in [6.45, 7) is 6.29. The molecular weight excluding hydrogens is 414 g/mol. The van der Waals surface area contributed by atoms with Gasteiger partial charge in [-0.05, 0) is 49.7 Å². The number of rotatable bonds is 8. The highest BCUT2D eigenvalue weighted by Crippen LogP contribution is 2.30. The summed E-state index contributed by atoms with van der Waals surface area (Å²) >= 11 is 0. The highest BCUT2D eigenvalue weighted by atomic mass is 16.6. The van der Waals surface area contributed by atoms with Crippen molar-refractivity contribution in [3.63, 3.8) is 0 Å². The summed E-state index contributed by atoms with van der Waals surface area (Å²) in [4.78, 5) is 39.4. The zero-order valence-corrected chi connectivity index (χ0v) is 18.3. The maximum Gasteiger partial charge on any atom is 0.338 e. The molecule has 9 heteroatoms. The number of anilines is 1. The molecule has 1 saturated heterocycles. The minimum atomic E-state index is -0.594. The first-order valence-electron chi connectivity index (χ1n) is 10.7. The van der Waals surface area contributed by atoms with E-state index in [4.69, 9.17) is 9.47 Å². The maximum absolute atomic E-state index is 12.8. The second kappa shape index (κ2) is 10.6. The molecule has 0 aromatic heterocycles. The van der Waals surface area contributed by atoms with Crippen LogP contribution in [0, 0.1) is 10.1 Å². The molecule has 1 aliphatic heterocycles. The van der Waals surface area contributed by atoms with Gasteiger partial charge >= 0.3 is 5.97 Å². The largest absolute Gasteiger partial charge is 0.494 e. The molecule has 0 atom stereocenters. The number of hydrogen-bond acceptors (Lipinski definition) is 7. The van der Waals surface area contributed by atoms with Gasteiger partial charge in [-0.1, -0.05) is 6.92 Å². The quantitative estimate of drug-likeness (QED) is 0.351. The van der Waals surface area contributed by atoms with Crippen LogP contribution in [0.2, 0.25) is 0 Å². The molecule has 1 heterocycles. The van der Waals surface area contributed by atoms with E-state index in [1.54, 1.807) is 42.2 Å². The number of hydrogen-bond donors (Lipinski definition) is 0. The molecule has 0 saturated carbocycles. The van der Waals surface area contributed by atoms with Crippen LogP contribution in [0.1, 0.15) is 41.0 Å². The van der Waals surface area contributed by atoms with E-state index in [0.29, 0.717) is 44.0 Å². The topological polar surface area (TPSA) is 102 Å². The number of ether oxygens (including phenoxy) is 2. The Morgan fingerprint density at radius 1 is 1.00 bits per heavy atom. The van der Waals surface area contributed by atoms with Crippen molar-refractivity contribution in [2.45, 2.75) is 20.3 Å². The summed E-state index contributed by atoms with van der Waals surface area (Å²) < 4.78 is 10.5. The molecular formula is C23H27N3O6. The van der Waals surface area contributed by atoms with Crippen molar-refractivity contribution in [2.75, 3.05) is 44.3 Å². The van der Waals surface area contributed by atoms with Crippen LogP contribution in [0.15, 0.2) is 42.5 Å². The molecule has 0 spiro atoms. The second-order valence-electron chi connectivity index (χ2n) is 7.33. The van der Waals surface area contributed by atoms with Gasteiger partial charge in [-0.2, -0.15) is 0 Å². The van der Waals surface area contributed by atoms with Gasteiger partial charge < -0.3 is 19.3 Å². The van der Waals surface area contributed by atoms with Crippen molar-refractivity contribution in [3.8, 4) is 5.75 Å². The average Bonchev–Trinajstić information content (AvgIpc) is 2.82. The number of amides is 1. The fourth-order valence-electron chi connectivity index (χ4n) is 3.53. The molecule has 32 heavy (non-hydrogen) atoms. The van der Waals surface area contributed by atoms with Gasteiger partial charge in [-0.3, -0.25) is 14.9 Å². The molecule has 2 aromatic rings. The third kappa shape index (κ3) is 5.35. The summed E-state index contributed by atoms with van der Waals surface area (Å²) in [5.41, 5.74) is 0.986. The Balaban J connectivity index is 1.66. The van der Waals surface area contributed by atoms with E-state index < -0.39 is 10.9 Å². The smallest absolute Gasteiger partial charge is 0.338 e. The van der Waals surface area contributed by atoms with E-state index in [9.17, 15) is 19.7 Å². The van der Waals surface area contributed by atoms with Crippen molar-refractivity contribution in [1.29, 1.82) is 0 Å². The Kier molecular flexibility index (Phi) is 7.64. The number of carbonyl (C=O) groups is 2. The Labute approximate surface area is 186 Å². The minimum Gasteiger partial charge on any atom is -0.494 e. The lowest BCUT2D eigenvalue weighted by atomic mass is 10.1. The number of benzene rings is 2. The summed E-state index contributed by atoms with van der Waals surface area (Å²) in [7, 11) is 0. The third-order valence-corrected chi connectivity index (χ3v) is 5.16. The molecule has 0 bridgehead atoms. The minimum absolute atomic E-state index is 0.0844. The van der Waals surface area contributed by atoms with Crippen LogP contribution in [0.25, 0.3) is 0 Å². The first-order chi connectivity index (χ1) is 15.4. The normalized spacial score (nSPS) is 13.6. The SMILES string of the molecule is CCCOc1ccc(C(=O)N2CCN(c3ccc(C(=O)OCC)cc3[N+](=O)[O-])CC2)cc1. The van der Waals surface area contributed by atoms with Crippen LogP contribution in [0.4, 0.5) is 11.4 Å². The lowest BCUT2D eigenvalue weighted by molar-refractivity contribution is -0.384. The molecule has 0 N–H and O–H groups in total. The number of nitro groups is 1.